The zero-order chi connectivity index (χ0) is 21.0. The number of terminal acetylenes is 1. The predicted molar refractivity (Wildman–Crippen MR) is 128 cm³/mol. The van der Waals surface area contributed by atoms with E-state index in [4.69, 9.17) is 11.2 Å². The molecule has 1 aliphatic carbocycles. The maximum absolute atomic E-state index is 5.87. The smallest absolute Gasteiger partial charge is 0.145 e. The van der Waals surface area contributed by atoms with Crippen molar-refractivity contribution in [1.82, 2.24) is 0 Å². The van der Waals surface area contributed by atoms with Crippen molar-refractivity contribution in [2.45, 2.75) is 52.6 Å². The molecule has 0 aromatic heterocycles. The van der Waals surface area contributed by atoms with Crippen molar-refractivity contribution < 1.29 is 4.74 Å². The van der Waals surface area contributed by atoms with E-state index in [0.29, 0.717) is 5.92 Å². The van der Waals surface area contributed by atoms with Crippen molar-refractivity contribution in [3.63, 3.8) is 0 Å². The minimum atomic E-state index is 0.0737. The zero-order valence-corrected chi connectivity index (χ0v) is 19.5. The number of benzene rings is 1. The number of anilines is 2. The van der Waals surface area contributed by atoms with Crippen LogP contribution in [0.1, 0.15) is 52.0 Å². The van der Waals surface area contributed by atoms with Gasteiger partial charge in [-0.05, 0) is 51.9 Å². The number of rotatable bonds is 7. The zero-order valence-electron chi connectivity index (χ0n) is 17.9. The molecule has 2 aliphatic rings. The Labute approximate surface area is 184 Å². The third kappa shape index (κ3) is 4.41. The maximum Gasteiger partial charge on any atom is 0.145 e. The Morgan fingerprint density at radius 1 is 1.34 bits per heavy atom. The highest BCUT2D eigenvalue weighted by atomic mass is 79.9. The SMILES string of the molecule is C#Cc1c(Br)cc(OC)c2c1NC(C1=CC=C(C(C)C)C=CC1)N2CCCCC. The molecule has 0 radical (unpaired) electrons. The largest absolute Gasteiger partial charge is 0.494 e. The van der Waals surface area contributed by atoms with Crippen LogP contribution in [0.4, 0.5) is 11.4 Å². The normalized spacial score (nSPS) is 18.0. The Morgan fingerprint density at radius 3 is 2.79 bits per heavy atom. The third-order valence-corrected chi connectivity index (χ3v) is 6.26. The summed E-state index contributed by atoms with van der Waals surface area (Å²) in [4.78, 5) is 2.44. The molecule has 0 saturated carbocycles. The summed E-state index contributed by atoms with van der Waals surface area (Å²) in [5.74, 6) is 4.22. The van der Waals surface area contributed by atoms with E-state index >= 15 is 0 Å². The van der Waals surface area contributed by atoms with Gasteiger partial charge in [-0.3, -0.25) is 0 Å². The van der Waals surface area contributed by atoms with Crippen LogP contribution in [0.15, 0.2) is 46.0 Å². The van der Waals surface area contributed by atoms with Crippen molar-refractivity contribution in [1.29, 1.82) is 0 Å². The van der Waals surface area contributed by atoms with Crippen LogP contribution in [0.3, 0.4) is 0 Å². The maximum atomic E-state index is 5.87. The fourth-order valence-electron chi connectivity index (χ4n) is 3.99. The molecule has 0 bridgehead atoms. The topological polar surface area (TPSA) is 24.5 Å². The molecule has 0 fully saturated rings. The molecule has 1 unspecified atom stereocenters. The molecule has 1 N–H and O–H groups in total. The van der Waals surface area contributed by atoms with Crippen LogP contribution < -0.4 is 15.0 Å². The number of unbranched alkanes of at least 4 members (excludes halogenated alkanes) is 2. The fraction of sp³-hybridized carbons (Fsp3) is 0.440. The number of methoxy groups -OCH3 is 1. The molecular formula is C25H31BrN2O. The summed E-state index contributed by atoms with van der Waals surface area (Å²) < 4.78 is 6.64. The lowest BCUT2D eigenvalue weighted by atomic mass is 10.0. The van der Waals surface area contributed by atoms with E-state index in [1.165, 1.54) is 24.0 Å². The van der Waals surface area contributed by atoms with Crippen LogP contribution in [0.2, 0.25) is 0 Å². The van der Waals surface area contributed by atoms with Crippen molar-refractivity contribution >= 4 is 27.3 Å². The van der Waals surface area contributed by atoms with E-state index < -0.39 is 0 Å². The minimum absolute atomic E-state index is 0.0737. The van der Waals surface area contributed by atoms with Gasteiger partial charge in [0.25, 0.3) is 0 Å². The monoisotopic (exact) mass is 454 g/mol. The van der Waals surface area contributed by atoms with Crippen LogP contribution in [-0.2, 0) is 0 Å². The van der Waals surface area contributed by atoms with E-state index in [1.807, 2.05) is 6.07 Å². The van der Waals surface area contributed by atoms with Gasteiger partial charge in [-0.25, -0.2) is 0 Å². The summed E-state index contributed by atoms with van der Waals surface area (Å²) in [7, 11) is 1.72. The molecule has 0 amide bonds. The molecule has 4 heteroatoms. The van der Waals surface area contributed by atoms with Gasteiger partial charge in [0.1, 0.15) is 17.6 Å². The average molecular weight is 455 g/mol. The molecule has 1 aliphatic heterocycles. The van der Waals surface area contributed by atoms with Gasteiger partial charge in [-0.15, -0.1) is 6.42 Å². The third-order valence-electron chi connectivity index (χ3n) is 5.64. The number of allylic oxidation sites excluding steroid dienone is 5. The molecule has 3 rings (SSSR count). The Hall–Kier alpha value is -2.12. The van der Waals surface area contributed by atoms with Crippen molar-refractivity contribution in [2.75, 3.05) is 23.9 Å². The van der Waals surface area contributed by atoms with E-state index in [-0.39, 0.29) is 6.17 Å². The van der Waals surface area contributed by atoms with Gasteiger partial charge in [0.2, 0.25) is 0 Å². The quantitative estimate of drug-likeness (QED) is 0.368. The summed E-state index contributed by atoms with van der Waals surface area (Å²) >= 11 is 3.62. The number of ether oxygens (including phenoxy) is 1. The van der Waals surface area contributed by atoms with Gasteiger partial charge in [0, 0.05) is 11.0 Å². The molecule has 3 nitrogen and oxygen atoms in total. The second-order valence-corrected chi connectivity index (χ2v) is 8.77. The fourth-order valence-corrected chi connectivity index (χ4v) is 4.51. The van der Waals surface area contributed by atoms with E-state index in [1.54, 1.807) is 7.11 Å². The highest BCUT2D eigenvalue weighted by molar-refractivity contribution is 9.10. The van der Waals surface area contributed by atoms with Gasteiger partial charge in [-0.2, -0.15) is 0 Å². The van der Waals surface area contributed by atoms with Crippen LogP contribution in [0.25, 0.3) is 0 Å². The summed E-state index contributed by atoms with van der Waals surface area (Å²) in [6, 6.07) is 1.99. The Morgan fingerprint density at radius 2 is 2.14 bits per heavy atom. The minimum Gasteiger partial charge on any atom is -0.494 e. The van der Waals surface area contributed by atoms with Gasteiger partial charge < -0.3 is 15.0 Å². The van der Waals surface area contributed by atoms with Crippen LogP contribution in [0, 0.1) is 18.3 Å². The van der Waals surface area contributed by atoms with Crippen LogP contribution in [0.5, 0.6) is 5.75 Å². The van der Waals surface area contributed by atoms with Gasteiger partial charge >= 0.3 is 0 Å². The molecule has 1 aromatic rings. The summed E-state index contributed by atoms with van der Waals surface area (Å²) in [6.07, 6.45) is 19.4. The lowest BCUT2D eigenvalue weighted by Gasteiger charge is -2.29. The summed E-state index contributed by atoms with van der Waals surface area (Å²) in [5, 5.41) is 3.73. The second kappa shape index (κ2) is 9.59. The summed E-state index contributed by atoms with van der Waals surface area (Å²) in [6.45, 7) is 7.66. The Kier molecular flexibility index (Phi) is 7.14. The molecule has 1 heterocycles. The highest BCUT2D eigenvalue weighted by Gasteiger charge is 2.35. The molecular weight excluding hydrogens is 424 g/mol. The second-order valence-electron chi connectivity index (χ2n) is 7.92. The lowest BCUT2D eigenvalue weighted by molar-refractivity contribution is 0.414. The van der Waals surface area contributed by atoms with E-state index in [2.05, 4.69) is 77.1 Å². The number of fused-ring (bicyclic) bond motifs is 1. The number of nitrogens with zero attached hydrogens (tertiary/aromatic N) is 1. The standard InChI is InChI=1S/C25H31BrN2O/c1-6-8-9-15-28-24-22(29-5)16-21(26)20(7-2)23(24)27-25(28)19-12-10-11-18(13-14-19)17(3)4/h2,10-11,13-14,16-17,25,27H,6,8-9,12,15H2,1,3-5H3. The number of hydrogen-bond acceptors (Lipinski definition) is 3. The van der Waals surface area contributed by atoms with Gasteiger partial charge in [-0.1, -0.05) is 63.8 Å². The van der Waals surface area contributed by atoms with Gasteiger partial charge in [0.15, 0.2) is 0 Å². The lowest BCUT2D eigenvalue weighted by Crippen LogP contribution is -2.38. The molecule has 1 atom stereocenters. The first kappa shape index (κ1) is 21.6. The molecule has 1 aromatic carbocycles. The predicted octanol–water partition coefficient (Wildman–Crippen LogP) is 6.66. The Balaban J connectivity index is 2.05. The van der Waals surface area contributed by atoms with Crippen molar-refractivity contribution in [3.05, 3.63) is 51.6 Å². The first-order valence-electron chi connectivity index (χ1n) is 10.5. The Bertz CT molecular complexity index is 889. The molecule has 154 valence electrons. The van der Waals surface area contributed by atoms with E-state index in [9.17, 15) is 0 Å². The van der Waals surface area contributed by atoms with E-state index in [0.717, 1.165) is 46.5 Å². The first-order chi connectivity index (χ1) is 14.0. The van der Waals surface area contributed by atoms with Crippen molar-refractivity contribution in [2.24, 2.45) is 5.92 Å². The van der Waals surface area contributed by atoms with Crippen LogP contribution in [-0.4, -0.2) is 19.8 Å². The van der Waals surface area contributed by atoms with Gasteiger partial charge in [0.05, 0.1) is 18.4 Å². The van der Waals surface area contributed by atoms with Crippen molar-refractivity contribution in [3.8, 4) is 18.1 Å². The van der Waals surface area contributed by atoms with Crippen LogP contribution >= 0.6 is 15.9 Å². The summed E-state index contributed by atoms with van der Waals surface area (Å²) in [5.41, 5.74) is 5.62. The number of nitrogens with one attached hydrogen (secondary N) is 1. The number of hydrogen-bond donors (Lipinski definition) is 1. The molecule has 0 saturated heterocycles. The average Bonchev–Trinajstić information content (AvgIpc) is 2.90. The highest BCUT2D eigenvalue weighted by Crippen LogP contribution is 2.48. The molecule has 29 heavy (non-hydrogen) atoms. The first-order valence-corrected chi connectivity index (χ1v) is 11.3. The molecule has 0 spiro atoms. The number of halogens is 1.